The maximum Gasteiger partial charge on any atom is 0.530 e. The molecule has 1 heterocycles. The number of hydrogen-bond acceptors (Lipinski definition) is 7. The largest absolute Gasteiger partial charge is 0.530 e. The first-order valence-electron chi connectivity index (χ1n) is 9.09. The van der Waals surface area contributed by atoms with Crippen LogP contribution in [-0.4, -0.2) is 24.1 Å². The lowest BCUT2D eigenvalue weighted by Gasteiger charge is -2.29. The van der Waals surface area contributed by atoms with E-state index in [0.717, 1.165) is 0 Å². The molecule has 1 aromatic heterocycles. The monoisotopic (exact) mass is 426 g/mol. The maximum atomic E-state index is 12.6. The predicted molar refractivity (Wildman–Crippen MR) is 110 cm³/mol. The number of phosphoric ester groups is 1. The minimum Gasteiger partial charge on any atom is -0.392 e. The molecular formula is C19H27N2O5PS. The van der Waals surface area contributed by atoms with E-state index in [1.54, 1.807) is 26.0 Å². The summed E-state index contributed by atoms with van der Waals surface area (Å²) in [4.78, 5) is 17.0. The second-order valence-corrected chi connectivity index (χ2v) is 9.65. The molecule has 0 spiro atoms. The van der Waals surface area contributed by atoms with Gasteiger partial charge in [-0.3, -0.25) is 13.8 Å². The summed E-state index contributed by atoms with van der Waals surface area (Å²) in [5.41, 5.74) is 0.269. The Hall–Kier alpha value is -1.73. The van der Waals surface area contributed by atoms with Gasteiger partial charge in [-0.25, -0.2) is 9.55 Å². The number of rotatable bonds is 9. The Morgan fingerprint density at radius 2 is 1.79 bits per heavy atom. The molecule has 1 aromatic carbocycles. The van der Waals surface area contributed by atoms with Gasteiger partial charge < -0.3 is 9.84 Å². The van der Waals surface area contributed by atoms with Gasteiger partial charge >= 0.3 is 7.82 Å². The zero-order valence-electron chi connectivity index (χ0n) is 16.8. The number of hydrogen-bond donors (Lipinski definition) is 1. The van der Waals surface area contributed by atoms with Gasteiger partial charge in [-0.2, -0.15) is 0 Å². The highest BCUT2D eigenvalue weighted by Crippen LogP contribution is 2.51. The summed E-state index contributed by atoms with van der Waals surface area (Å²) < 4.78 is 28.3. The standard InChI is InChI=1S/C19H27N2O5PS/c1-6-24-27(23,25-7-2)26-15-13-20-18(28-15)16(19(3,4)5)21-17(22)14-11-9-8-10-12-14/h8-13,16H,6-7H2,1-5H3,(H,21,22). The first-order chi connectivity index (χ1) is 13.2. The average Bonchev–Trinajstić information content (AvgIpc) is 3.07. The molecule has 0 saturated carbocycles. The quantitative estimate of drug-likeness (QED) is 0.553. The van der Waals surface area contributed by atoms with Crippen molar-refractivity contribution in [3.8, 4) is 5.06 Å². The molecule has 28 heavy (non-hydrogen) atoms. The SMILES string of the molecule is CCOP(=O)(OCC)Oc1cnc(C(NC(=O)c2ccccc2)C(C)(C)C)s1. The van der Waals surface area contributed by atoms with Crippen molar-refractivity contribution < 1.29 is 22.9 Å². The van der Waals surface area contributed by atoms with Crippen molar-refractivity contribution in [2.75, 3.05) is 13.2 Å². The van der Waals surface area contributed by atoms with E-state index in [2.05, 4.69) is 10.3 Å². The van der Waals surface area contributed by atoms with Crippen LogP contribution >= 0.6 is 19.2 Å². The van der Waals surface area contributed by atoms with E-state index in [4.69, 9.17) is 13.6 Å². The highest BCUT2D eigenvalue weighted by atomic mass is 32.1. The van der Waals surface area contributed by atoms with Crippen LogP contribution in [-0.2, 0) is 13.6 Å². The molecular weight excluding hydrogens is 399 g/mol. The van der Waals surface area contributed by atoms with E-state index in [9.17, 15) is 9.36 Å². The van der Waals surface area contributed by atoms with Gasteiger partial charge in [0.1, 0.15) is 5.01 Å². The molecule has 0 aliphatic heterocycles. The van der Waals surface area contributed by atoms with E-state index < -0.39 is 7.82 Å². The van der Waals surface area contributed by atoms with Crippen LogP contribution in [0, 0.1) is 5.41 Å². The smallest absolute Gasteiger partial charge is 0.392 e. The number of carbonyl (C=O) groups excluding carboxylic acids is 1. The first kappa shape index (κ1) is 22.6. The van der Waals surface area contributed by atoms with Gasteiger partial charge in [-0.05, 0) is 31.4 Å². The van der Waals surface area contributed by atoms with Crippen LogP contribution in [0.2, 0.25) is 0 Å². The molecule has 1 unspecified atom stereocenters. The number of aromatic nitrogens is 1. The fraction of sp³-hybridized carbons (Fsp3) is 0.474. The predicted octanol–water partition coefficient (Wildman–Crippen LogP) is 5.22. The Labute approximate surface area is 170 Å². The van der Waals surface area contributed by atoms with Crippen molar-refractivity contribution >= 4 is 25.1 Å². The Morgan fingerprint density at radius 1 is 1.18 bits per heavy atom. The van der Waals surface area contributed by atoms with Crippen molar-refractivity contribution in [1.29, 1.82) is 0 Å². The van der Waals surface area contributed by atoms with Crippen molar-refractivity contribution in [2.45, 2.75) is 40.7 Å². The second-order valence-electron chi connectivity index (χ2n) is 7.03. The zero-order chi connectivity index (χ0) is 20.8. The van der Waals surface area contributed by atoms with Gasteiger partial charge in [0.15, 0.2) is 0 Å². The molecule has 9 heteroatoms. The highest BCUT2D eigenvalue weighted by Gasteiger charge is 2.33. The molecule has 0 aliphatic carbocycles. The van der Waals surface area contributed by atoms with Crippen molar-refractivity contribution in [3.63, 3.8) is 0 Å². The van der Waals surface area contributed by atoms with Crippen LogP contribution in [0.25, 0.3) is 0 Å². The molecule has 0 fully saturated rings. The molecule has 1 N–H and O–H groups in total. The molecule has 0 saturated heterocycles. The Bertz CT molecular complexity index is 809. The lowest BCUT2D eigenvalue weighted by molar-refractivity contribution is 0.0901. The summed E-state index contributed by atoms with van der Waals surface area (Å²) >= 11 is 1.20. The third-order valence-electron chi connectivity index (χ3n) is 3.70. The normalized spacial score (nSPS) is 13.2. The van der Waals surface area contributed by atoms with Crippen LogP contribution in [0.5, 0.6) is 5.06 Å². The minimum absolute atomic E-state index is 0.188. The van der Waals surface area contributed by atoms with Crippen LogP contribution in [0.15, 0.2) is 36.5 Å². The van der Waals surface area contributed by atoms with E-state index in [1.807, 2.05) is 39.0 Å². The number of thiazole rings is 1. The lowest BCUT2D eigenvalue weighted by atomic mass is 9.87. The number of benzene rings is 1. The lowest BCUT2D eigenvalue weighted by Crippen LogP contribution is -2.36. The van der Waals surface area contributed by atoms with Gasteiger partial charge in [0.25, 0.3) is 5.91 Å². The van der Waals surface area contributed by atoms with Crippen molar-refractivity contribution in [1.82, 2.24) is 10.3 Å². The van der Waals surface area contributed by atoms with Crippen LogP contribution in [0.1, 0.15) is 56.0 Å². The van der Waals surface area contributed by atoms with Crippen LogP contribution in [0.3, 0.4) is 0 Å². The molecule has 7 nitrogen and oxygen atoms in total. The number of carbonyl (C=O) groups is 1. The van der Waals surface area contributed by atoms with Gasteiger partial charge in [-0.1, -0.05) is 50.3 Å². The maximum absolute atomic E-state index is 12.6. The van der Waals surface area contributed by atoms with Crippen molar-refractivity contribution in [2.24, 2.45) is 5.41 Å². The van der Waals surface area contributed by atoms with Gasteiger partial charge in [0.2, 0.25) is 5.06 Å². The molecule has 154 valence electrons. The number of nitrogens with one attached hydrogen (secondary N) is 1. The highest BCUT2D eigenvalue weighted by molar-refractivity contribution is 7.49. The Kier molecular flexibility index (Phi) is 7.78. The zero-order valence-corrected chi connectivity index (χ0v) is 18.5. The fourth-order valence-electron chi connectivity index (χ4n) is 2.42. The summed E-state index contributed by atoms with van der Waals surface area (Å²) in [6.45, 7) is 9.84. The summed E-state index contributed by atoms with van der Waals surface area (Å²) in [6, 6.07) is 8.64. The molecule has 0 bridgehead atoms. The fourth-order valence-corrected chi connectivity index (χ4v) is 4.87. The molecule has 1 amide bonds. The van der Waals surface area contributed by atoms with E-state index in [1.165, 1.54) is 17.5 Å². The summed E-state index contributed by atoms with van der Waals surface area (Å²) in [7, 11) is -3.69. The van der Waals surface area contributed by atoms with Gasteiger partial charge in [0.05, 0.1) is 25.5 Å². The molecule has 2 aromatic rings. The second kappa shape index (κ2) is 9.65. The average molecular weight is 426 g/mol. The summed E-state index contributed by atoms with van der Waals surface area (Å²) in [6.07, 6.45) is 1.47. The summed E-state index contributed by atoms with van der Waals surface area (Å²) in [5, 5.41) is 3.99. The van der Waals surface area contributed by atoms with Gasteiger partial charge in [-0.15, -0.1) is 0 Å². The van der Waals surface area contributed by atoms with Crippen molar-refractivity contribution in [3.05, 3.63) is 47.1 Å². The van der Waals surface area contributed by atoms with E-state index >= 15 is 0 Å². The summed E-state index contributed by atoms with van der Waals surface area (Å²) in [5.74, 6) is -0.188. The molecule has 0 radical (unpaired) electrons. The Balaban J connectivity index is 2.22. The first-order valence-corrected chi connectivity index (χ1v) is 11.4. The number of phosphoric acid groups is 1. The molecule has 0 aliphatic rings. The van der Waals surface area contributed by atoms with E-state index in [0.29, 0.717) is 15.6 Å². The third kappa shape index (κ3) is 6.14. The third-order valence-corrected chi connectivity index (χ3v) is 6.34. The van der Waals surface area contributed by atoms with Crippen LogP contribution in [0.4, 0.5) is 0 Å². The van der Waals surface area contributed by atoms with E-state index in [-0.39, 0.29) is 30.6 Å². The minimum atomic E-state index is -3.69. The number of nitrogens with zero attached hydrogens (tertiary/aromatic N) is 1. The van der Waals surface area contributed by atoms with Crippen LogP contribution < -0.4 is 9.84 Å². The molecule has 1 atom stereocenters. The topological polar surface area (TPSA) is 86.8 Å². The number of amides is 1. The molecule has 2 rings (SSSR count). The Morgan fingerprint density at radius 3 is 2.32 bits per heavy atom. The van der Waals surface area contributed by atoms with Gasteiger partial charge in [0, 0.05) is 5.56 Å².